The van der Waals surface area contributed by atoms with Crippen LogP contribution in [0.1, 0.15) is 11.1 Å². The van der Waals surface area contributed by atoms with Gasteiger partial charge in [0.25, 0.3) is 0 Å². The van der Waals surface area contributed by atoms with Crippen LogP contribution in [-0.2, 0) is 6.54 Å². The van der Waals surface area contributed by atoms with Gasteiger partial charge in [0.2, 0.25) is 0 Å². The number of carbonyl (C=O) groups is 1. The first-order chi connectivity index (χ1) is 13.6. The Hall–Kier alpha value is -3.05. The molecular formula is C22H21ClN4O. The van der Waals surface area contributed by atoms with E-state index >= 15 is 0 Å². The van der Waals surface area contributed by atoms with Crippen LogP contribution < -0.4 is 15.1 Å². The van der Waals surface area contributed by atoms with Gasteiger partial charge in [0, 0.05) is 36.5 Å². The zero-order valence-corrected chi connectivity index (χ0v) is 16.4. The molecule has 28 heavy (non-hydrogen) atoms. The summed E-state index contributed by atoms with van der Waals surface area (Å²) in [5.41, 5.74) is 3.99. The quantitative estimate of drug-likeness (QED) is 0.674. The van der Waals surface area contributed by atoms with Gasteiger partial charge in [0.1, 0.15) is 0 Å². The number of aryl methyl sites for hydroxylation is 1. The number of amides is 2. The van der Waals surface area contributed by atoms with E-state index in [1.54, 1.807) is 35.4 Å². The molecule has 4 rings (SSSR count). The minimum Gasteiger partial charge on any atom is -0.349 e. The summed E-state index contributed by atoms with van der Waals surface area (Å²) >= 11 is 5.92. The molecule has 0 aliphatic carbocycles. The second-order valence-corrected chi connectivity index (χ2v) is 7.28. The lowest BCUT2D eigenvalue weighted by Gasteiger charge is -2.36. The van der Waals surface area contributed by atoms with Gasteiger partial charge >= 0.3 is 6.03 Å². The molecule has 0 saturated carbocycles. The summed E-state index contributed by atoms with van der Waals surface area (Å²) < 4.78 is 0. The normalized spacial score (nSPS) is 13.2. The van der Waals surface area contributed by atoms with Crippen LogP contribution in [0.3, 0.4) is 0 Å². The van der Waals surface area contributed by atoms with E-state index in [0.717, 1.165) is 18.1 Å². The minimum absolute atomic E-state index is 0.174. The van der Waals surface area contributed by atoms with Crippen LogP contribution >= 0.6 is 11.6 Å². The zero-order valence-electron chi connectivity index (χ0n) is 15.6. The van der Waals surface area contributed by atoms with E-state index in [1.165, 1.54) is 11.1 Å². The standard InChI is InChI=1S/C22H21ClN4O/c1-16-4-6-17(7-5-16)15-26-13-14-27(20-3-2-12-24-21(20)26)22(28)25-19-10-8-18(23)9-11-19/h2-12H,13-15H2,1H3,(H,25,28). The number of fused-ring (bicyclic) bond motifs is 1. The molecule has 0 saturated heterocycles. The van der Waals surface area contributed by atoms with Gasteiger partial charge in [-0.15, -0.1) is 0 Å². The number of hydrogen-bond acceptors (Lipinski definition) is 3. The van der Waals surface area contributed by atoms with Crippen molar-refractivity contribution in [2.24, 2.45) is 0 Å². The van der Waals surface area contributed by atoms with Crippen molar-refractivity contribution in [1.29, 1.82) is 0 Å². The molecule has 2 amide bonds. The van der Waals surface area contributed by atoms with E-state index < -0.39 is 0 Å². The number of nitrogens with zero attached hydrogens (tertiary/aromatic N) is 3. The molecule has 6 heteroatoms. The number of aromatic nitrogens is 1. The van der Waals surface area contributed by atoms with Crippen molar-refractivity contribution in [3.05, 3.63) is 83.0 Å². The molecule has 3 aromatic rings. The number of urea groups is 1. The molecular weight excluding hydrogens is 372 g/mol. The van der Waals surface area contributed by atoms with Crippen LogP contribution in [0.2, 0.25) is 5.02 Å². The molecule has 0 fully saturated rings. The number of halogens is 1. The number of anilines is 3. The van der Waals surface area contributed by atoms with Gasteiger partial charge in [-0.1, -0.05) is 41.4 Å². The van der Waals surface area contributed by atoms with Gasteiger partial charge in [-0.2, -0.15) is 0 Å². The summed E-state index contributed by atoms with van der Waals surface area (Å²) in [4.78, 5) is 21.4. The maximum Gasteiger partial charge on any atom is 0.326 e. The highest BCUT2D eigenvalue weighted by molar-refractivity contribution is 6.30. The number of pyridine rings is 1. The van der Waals surface area contributed by atoms with E-state index in [0.29, 0.717) is 23.8 Å². The van der Waals surface area contributed by atoms with Crippen molar-refractivity contribution in [3.63, 3.8) is 0 Å². The molecule has 2 aromatic carbocycles. The van der Waals surface area contributed by atoms with Crippen molar-refractivity contribution >= 4 is 34.8 Å². The molecule has 0 spiro atoms. The summed E-state index contributed by atoms with van der Waals surface area (Å²) in [6.07, 6.45) is 1.77. The van der Waals surface area contributed by atoms with Crippen LogP contribution in [0.15, 0.2) is 66.9 Å². The summed E-state index contributed by atoms with van der Waals surface area (Å²) in [5, 5.41) is 3.57. The lowest BCUT2D eigenvalue weighted by Crippen LogP contribution is -2.46. The molecule has 2 heterocycles. The third kappa shape index (κ3) is 3.94. The second kappa shape index (κ2) is 7.90. The van der Waals surface area contributed by atoms with E-state index in [9.17, 15) is 4.79 Å². The molecule has 0 bridgehead atoms. The van der Waals surface area contributed by atoms with Gasteiger partial charge in [-0.3, -0.25) is 4.90 Å². The smallest absolute Gasteiger partial charge is 0.326 e. The summed E-state index contributed by atoms with van der Waals surface area (Å²) in [6, 6.07) is 19.2. The highest BCUT2D eigenvalue weighted by Gasteiger charge is 2.27. The Labute approximate surface area is 169 Å². The fraction of sp³-hybridized carbons (Fsp3) is 0.182. The lowest BCUT2D eigenvalue weighted by atomic mass is 10.1. The average molecular weight is 393 g/mol. The maximum absolute atomic E-state index is 12.9. The number of hydrogen-bond donors (Lipinski definition) is 1. The lowest BCUT2D eigenvalue weighted by molar-refractivity contribution is 0.256. The highest BCUT2D eigenvalue weighted by atomic mass is 35.5. The second-order valence-electron chi connectivity index (χ2n) is 6.84. The van der Waals surface area contributed by atoms with Gasteiger partial charge < -0.3 is 10.2 Å². The van der Waals surface area contributed by atoms with Crippen LogP contribution in [0.4, 0.5) is 22.0 Å². The van der Waals surface area contributed by atoms with Crippen molar-refractivity contribution in [2.75, 3.05) is 28.2 Å². The Kier molecular flexibility index (Phi) is 5.17. The average Bonchev–Trinajstić information content (AvgIpc) is 2.71. The Balaban J connectivity index is 1.54. The van der Waals surface area contributed by atoms with Crippen LogP contribution in [-0.4, -0.2) is 24.1 Å². The highest BCUT2D eigenvalue weighted by Crippen LogP contribution is 2.32. The molecule has 1 N–H and O–H groups in total. The number of benzene rings is 2. The van der Waals surface area contributed by atoms with Gasteiger partial charge in [-0.25, -0.2) is 9.78 Å². The molecule has 0 atom stereocenters. The zero-order chi connectivity index (χ0) is 19.5. The predicted molar refractivity (Wildman–Crippen MR) is 114 cm³/mol. The fourth-order valence-electron chi connectivity index (χ4n) is 3.29. The summed E-state index contributed by atoms with van der Waals surface area (Å²) in [5.74, 6) is 0.820. The fourth-order valence-corrected chi connectivity index (χ4v) is 3.42. The predicted octanol–water partition coefficient (Wildman–Crippen LogP) is 5.10. The van der Waals surface area contributed by atoms with E-state index in [-0.39, 0.29) is 6.03 Å². The van der Waals surface area contributed by atoms with E-state index in [4.69, 9.17) is 11.6 Å². The van der Waals surface area contributed by atoms with Gasteiger partial charge in [0.15, 0.2) is 5.82 Å². The summed E-state index contributed by atoms with van der Waals surface area (Å²) in [6.45, 7) is 4.14. The summed E-state index contributed by atoms with van der Waals surface area (Å²) in [7, 11) is 0. The first-order valence-corrected chi connectivity index (χ1v) is 9.57. The maximum atomic E-state index is 12.9. The SMILES string of the molecule is Cc1ccc(CN2CCN(C(=O)Nc3ccc(Cl)cc3)c3cccnc32)cc1. The van der Waals surface area contributed by atoms with E-state index in [1.807, 2.05) is 12.1 Å². The van der Waals surface area contributed by atoms with Gasteiger partial charge in [-0.05, 0) is 48.9 Å². The van der Waals surface area contributed by atoms with Crippen LogP contribution in [0, 0.1) is 6.92 Å². The molecule has 0 radical (unpaired) electrons. The Morgan fingerprint density at radius 2 is 1.82 bits per heavy atom. The van der Waals surface area contributed by atoms with Crippen molar-refractivity contribution in [1.82, 2.24) is 4.98 Å². The van der Waals surface area contributed by atoms with Crippen molar-refractivity contribution in [2.45, 2.75) is 13.5 Å². The largest absolute Gasteiger partial charge is 0.349 e. The van der Waals surface area contributed by atoms with Crippen molar-refractivity contribution in [3.8, 4) is 0 Å². The number of nitrogens with one attached hydrogen (secondary N) is 1. The van der Waals surface area contributed by atoms with Crippen LogP contribution in [0.5, 0.6) is 0 Å². The molecule has 5 nitrogen and oxygen atoms in total. The molecule has 1 aliphatic heterocycles. The molecule has 142 valence electrons. The first-order valence-electron chi connectivity index (χ1n) is 9.20. The Morgan fingerprint density at radius 1 is 1.07 bits per heavy atom. The Bertz CT molecular complexity index is 973. The topological polar surface area (TPSA) is 48.5 Å². The molecule has 1 aliphatic rings. The first kappa shape index (κ1) is 18.3. The molecule has 0 unspecified atom stereocenters. The number of rotatable bonds is 3. The number of carbonyl (C=O) groups excluding carboxylic acids is 1. The minimum atomic E-state index is -0.174. The van der Waals surface area contributed by atoms with Crippen molar-refractivity contribution < 1.29 is 4.79 Å². The van der Waals surface area contributed by atoms with Crippen LogP contribution in [0.25, 0.3) is 0 Å². The monoisotopic (exact) mass is 392 g/mol. The Morgan fingerprint density at radius 3 is 2.57 bits per heavy atom. The third-order valence-corrected chi connectivity index (χ3v) is 5.04. The van der Waals surface area contributed by atoms with E-state index in [2.05, 4.69) is 46.4 Å². The third-order valence-electron chi connectivity index (χ3n) is 4.78. The van der Waals surface area contributed by atoms with Gasteiger partial charge in [0.05, 0.1) is 5.69 Å². The molecule has 1 aromatic heterocycles.